The summed E-state index contributed by atoms with van der Waals surface area (Å²) >= 11 is 1.82. The van der Waals surface area contributed by atoms with E-state index in [1.54, 1.807) is 0 Å². The predicted octanol–water partition coefficient (Wildman–Crippen LogP) is 5.21. The Morgan fingerprint density at radius 1 is 0.900 bits per heavy atom. The Bertz CT molecular complexity index is 516. The zero-order chi connectivity index (χ0) is 14.4. The van der Waals surface area contributed by atoms with Gasteiger partial charge in [0.05, 0.1) is 0 Å². The molecule has 20 heavy (non-hydrogen) atoms. The third-order valence-electron chi connectivity index (χ3n) is 3.40. The van der Waals surface area contributed by atoms with Crippen molar-refractivity contribution in [3.63, 3.8) is 0 Å². The smallest absolute Gasteiger partial charge is 0.0317 e. The fourth-order valence-electron chi connectivity index (χ4n) is 2.25. The molecule has 0 spiro atoms. The summed E-state index contributed by atoms with van der Waals surface area (Å²) in [4.78, 5) is 2.59. The van der Waals surface area contributed by atoms with E-state index in [0.29, 0.717) is 6.04 Å². The van der Waals surface area contributed by atoms with Crippen molar-refractivity contribution in [3.05, 3.63) is 59.7 Å². The van der Waals surface area contributed by atoms with Gasteiger partial charge in [0.25, 0.3) is 0 Å². The van der Waals surface area contributed by atoms with Crippen LogP contribution in [-0.4, -0.2) is 6.54 Å². The topological polar surface area (TPSA) is 12.0 Å². The van der Waals surface area contributed by atoms with Gasteiger partial charge in [0.15, 0.2) is 0 Å². The Hall–Kier alpha value is -1.25. The van der Waals surface area contributed by atoms with Crippen LogP contribution in [0.25, 0.3) is 0 Å². The van der Waals surface area contributed by atoms with Crippen molar-refractivity contribution in [2.24, 2.45) is 0 Å². The quantitative estimate of drug-likeness (QED) is 0.782. The molecule has 0 aliphatic carbocycles. The molecule has 0 saturated heterocycles. The van der Waals surface area contributed by atoms with Crippen LogP contribution in [0, 0.1) is 6.92 Å². The average molecular weight is 285 g/mol. The van der Waals surface area contributed by atoms with Crippen LogP contribution in [0.5, 0.6) is 0 Å². The first-order valence-corrected chi connectivity index (χ1v) is 8.12. The third-order valence-corrected chi connectivity index (χ3v) is 4.41. The molecule has 0 aliphatic heterocycles. The van der Waals surface area contributed by atoms with Gasteiger partial charge in [-0.25, -0.2) is 0 Å². The molecule has 106 valence electrons. The standard InChI is InChI=1S/C18H23NS/c1-4-18(19-5-2)15-8-12-17(13-9-15)20-16-10-6-14(3)7-11-16/h6-13,18-19H,4-5H2,1-3H3. The molecule has 0 aromatic heterocycles. The van der Waals surface area contributed by atoms with Crippen molar-refractivity contribution >= 4 is 11.8 Å². The SMILES string of the molecule is CCNC(CC)c1ccc(Sc2ccc(C)cc2)cc1. The highest BCUT2D eigenvalue weighted by molar-refractivity contribution is 7.99. The summed E-state index contributed by atoms with van der Waals surface area (Å²) in [5.74, 6) is 0. The number of rotatable bonds is 6. The molecule has 1 nitrogen and oxygen atoms in total. The highest BCUT2D eigenvalue weighted by Crippen LogP contribution is 2.29. The van der Waals surface area contributed by atoms with Crippen LogP contribution in [0.15, 0.2) is 58.3 Å². The lowest BCUT2D eigenvalue weighted by molar-refractivity contribution is 0.537. The summed E-state index contributed by atoms with van der Waals surface area (Å²) in [5, 5.41) is 3.52. The minimum absolute atomic E-state index is 0.471. The van der Waals surface area contributed by atoms with Gasteiger partial charge in [0.2, 0.25) is 0 Å². The van der Waals surface area contributed by atoms with E-state index in [0.717, 1.165) is 13.0 Å². The molecule has 0 radical (unpaired) electrons. The Kier molecular flexibility index (Phi) is 5.69. The number of benzene rings is 2. The molecule has 1 atom stereocenters. The van der Waals surface area contributed by atoms with E-state index in [4.69, 9.17) is 0 Å². The first kappa shape index (κ1) is 15.1. The maximum atomic E-state index is 3.52. The van der Waals surface area contributed by atoms with E-state index in [1.165, 1.54) is 20.9 Å². The Morgan fingerprint density at radius 3 is 1.95 bits per heavy atom. The van der Waals surface area contributed by atoms with Gasteiger partial charge in [-0.1, -0.05) is 55.4 Å². The van der Waals surface area contributed by atoms with Gasteiger partial charge in [-0.2, -0.15) is 0 Å². The molecule has 0 fully saturated rings. The predicted molar refractivity (Wildman–Crippen MR) is 88.5 cm³/mol. The first-order chi connectivity index (χ1) is 9.72. The summed E-state index contributed by atoms with van der Waals surface area (Å²) in [7, 11) is 0. The zero-order valence-corrected chi connectivity index (χ0v) is 13.3. The Balaban J connectivity index is 2.06. The maximum absolute atomic E-state index is 3.52. The van der Waals surface area contributed by atoms with Crippen LogP contribution in [0.2, 0.25) is 0 Å². The number of aryl methyl sites for hydroxylation is 1. The van der Waals surface area contributed by atoms with Crippen molar-refractivity contribution < 1.29 is 0 Å². The molecule has 0 amide bonds. The molecule has 1 N–H and O–H groups in total. The van der Waals surface area contributed by atoms with E-state index in [9.17, 15) is 0 Å². The average Bonchev–Trinajstić information content (AvgIpc) is 2.48. The van der Waals surface area contributed by atoms with Crippen molar-refractivity contribution in [1.29, 1.82) is 0 Å². The van der Waals surface area contributed by atoms with Crippen LogP contribution in [0.4, 0.5) is 0 Å². The summed E-state index contributed by atoms with van der Waals surface area (Å²) in [6.07, 6.45) is 1.12. The molecule has 0 aliphatic rings. The molecule has 2 rings (SSSR count). The molecule has 2 aromatic rings. The Morgan fingerprint density at radius 2 is 1.45 bits per heavy atom. The fraction of sp³-hybridized carbons (Fsp3) is 0.333. The lowest BCUT2D eigenvalue weighted by atomic mass is 10.1. The van der Waals surface area contributed by atoms with E-state index in [1.807, 2.05) is 11.8 Å². The van der Waals surface area contributed by atoms with Crippen LogP contribution in [-0.2, 0) is 0 Å². The minimum atomic E-state index is 0.471. The maximum Gasteiger partial charge on any atom is 0.0317 e. The van der Waals surface area contributed by atoms with Gasteiger partial charge < -0.3 is 5.32 Å². The van der Waals surface area contributed by atoms with Crippen molar-refractivity contribution in [3.8, 4) is 0 Å². The van der Waals surface area contributed by atoms with E-state index in [-0.39, 0.29) is 0 Å². The highest BCUT2D eigenvalue weighted by Gasteiger charge is 2.07. The third kappa shape index (κ3) is 4.12. The fourth-order valence-corrected chi connectivity index (χ4v) is 3.07. The van der Waals surface area contributed by atoms with Gasteiger partial charge >= 0.3 is 0 Å². The van der Waals surface area contributed by atoms with Gasteiger partial charge in [-0.3, -0.25) is 0 Å². The van der Waals surface area contributed by atoms with Crippen molar-refractivity contribution in [2.75, 3.05) is 6.54 Å². The van der Waals surface area contributed by atoms with E-state index < -0.39 is 0 Å². The summed E-state index contributed by atoms with van der Waals surface area (Å²) in [6.45, 7) is 7.51. The number of hydrogen-bond acceptors (Lipinski definition) is 2. The monoisotopic (exact) mass is 285 g/mol. The van der Waals surface area contributed by atoms with Gasteiger partial charge in [-0.15, -0.1) is 0 Å². The molecule has 0 saturated carbocycles. The van der Waals surface area contributed by atoms with Gasteiger partial charge in [-0.05, 0) is 49.7 Å². The molecule has 1 unspecified atom stereocenters. The summed E-state index contributed by atoms with van der Waals surface area (Å²) < 4.78 is 0. The summed E-state index contributed by atoms with van der Waals surface area (Å²) in [6, 6.07) is 18.1. The number of hydrogen-bond donors (Lipinski definition) is 1. The lowest BCUT2D eigenvalue weighted by Gasteiger charge is -2.16. The minimum Gasteiger partial charge on any atom is -0.310 e. The molecular formula is C18H23NS. The second-order valence-corrected chi connectivity index (χ2v) is 6.15. The normalized spacial score (nSPS) is 12.3. The van der Waals surface area contributed by atoms with Gasteiger partial charge in [0.1, 0.15) is 0 Å². The molecular weight excluding hydrogens is 262 g/mol. The van der Waals surface area contributed by atoms with Crippen LogP contribution in [0.3, 0.4) is 0 Å². The zero-order valence-electron chi connectivity index (χ0n) is 12.5. The van der Waals surface area contributed by atoms with Crippen LogP contribution < -0.4 is 5.32 Å². The molecule has 2 heteroatoms. The Labute approximate surface area is 126 Å². The van der Waals surface area contributed by atoms with E-state index >= 15 is 0 Å². The summed E-state index contributed by atoms with van der Waals surface area (Å²) in [5.41, 5.74) is 2.68. The largest absolute Gasteiger partial charge is 0.310 e. The molecule has 0 bridgehead atoms. The van der Waals surface area contributed by atoms with E-state index in [2.05, 4.69) is 74.6 Å². The second-order valence-electron chi connectivity index (χ2n) is 5.00. The first-order valence-electron chi connectivity index (χ1n) is 7.30. The lowest BCUT2D eigenvalue weighted by Crippen LogP contribution is -2.19. The molecule has 0 heterocycles. The van der Waals surface area contributed by atoms with Crippen molar-refractivity contribution in [1.82, 2.24) is 5.32 Å². The van der Waals surface area contributed by atoms with Crippen molar-refractivity contribution in [2.45, 2.75) is 43.0 Å². The van der Waals surface area contributed by atoms with Gasteiger partial charge in [0, 0.05) is 15.8 Å². The number of nitrogens with one attached hydrogen (secondary N) is 1. The molecule has 2 aromatic carbocycles. The highest BCUT2D eigenvalue weighted by atomic mass is 32.2. The van der Waals surface area contributed by atoms with Crippen LogP contribution >= 0.6 is 11.8 Å². The second kappa shape index (κ2) is 7.51. The van der Waals surface area contributed by atoms with Crippen LogP contribution in [0.1, 0.15) is 37.4 Å².